The Morgan fingerprint density at radius 3 is 1.77 bits per heavy atom. The third-order valence-corrected chi connectivity index (χ3v) is 7.95. The summed E-state index contributed by atoms with van der Waals surface area (Å²) in [4.78, 5) is 34.5. The molecule has 0 heterocycles. The largest absolute Gasteiger partial charge is 0.472 e. The van der Waals surface area contributed by atoms with Gasteiger partial charge in [0.05, 0.1) is 19.8 Å². The van der Waals surface area contributed by atoms with Crippen molar-refractivity contribution in [1.82, 2.24) is 0 Å². The van der Waals surface area contributed by atoms with Gasteiger partial charge >= 0.3 is 19.8 Å². The third-order valence-electron chi connectivity index (χ3n) is 7.00. The van der Waals surface area contributed by atoms with Crippen molar-refractivity contribution < 1.29 is 47.8 Å². The Balaban J connectivity index is 4.29. The summed E-state index contributed by atoms with van der Waals surface area (Å²) in [6, 6.07) is 0. The molecule has 3 unspecified atom stereocenters. The van der Waals surface area contributed by atoms with E-state index >= 15 is 0 Å². The van der Waals surface area contributed by atoms with Crippen molar-refractivity contribution in [1.29, 1.82) is 0 Å². The van der Waals surface area contributed by atoms with E-state index in [1.807, 2.05) is 0 Å². The van der Waals surface area contributed by atoms with E-state index in [4.69, 9.17) is 19.1 Å². The Labute approximate surface area is 283 Å². The number of allylic oxidation sites excluding steroid dienone is 8. The SMILES string of the molecule is CC/C=C\C/C=C\C/C=C\C/C=C\CCCCCCCCC(=O)OC(COC(=O)CCCCCCC)COP(=O)(O)OCC(O)CO. The quantitative estimate of drug-likeness (QED) is 0.0274. The summed E-state index contributed by atoms with van der Waals surface area (Å²) >= 11 is 0. The molecule has 0 aliphatic carbocycles. The Bertz CT molecular complexity index is 931. The van der Waals surface area contributed by atoms with Crippen molar-refractivity contribution in [3.63, 3.8) is 0 Å². The second kappa shape index (κ2) is 32.5. The van der Waals surface area contributed by atoms with Gasteiger partial charge < -0.3 is 24.6 Å². The Morgan fingerprint density at radius 1 is 0.660 bits per heavy atom. The molecule has 0 aromatic heterocycles. The normalized spacial score (nSPS) is 14.7. The van der Waals surface area contributed by atoms with Gasteiger partial charge in [0.1, 0.15) is 12.7 Å². The molecule has 47 heavy (non-hydrogen) atoms. The number of rotatable bonds is 32. The van der Waals surface area contributed by atoms with Gasteiger partial charge in [-0.25, -0.2) is 4.57 Å². The predicted molar refractivity (Wildman–Crippen MR) is 187 cm³/mol. The first kappa shape index (κ1) is 44.9. The standard InChI is InChI=1S/C36H63O10P/c1-3-5-7-9-10-11-12-13-14-15-16-17-18-19-20-21-22-24-26-28-36(40)46-34(31-43-35(39)27-25-23-8-6-4-2)32-45-47(41,42)44-30-33(38)29-37/h5,7,10-11,13-14,16-17,33-34,37-38H,3-4,6,8-9,12,15,18-32H2,1-2H3,(H,41,42)/b7-5-,11-10-,14-13-,17-16-. The van der Waals surface area contributed by atoms with Gasteiger partial charge in [-0.2, -0.15) is 0 Å². The third kappa shape index (κ3) is 32.3. The summed E-state index contributed by atoms with van der Waals surface area (Å²) in [5.41, 5.74) is 0. The molecule has 0 radical (unpaired) electrons. The van der Waals surface area contributed by atoms with Crippen LogP contribution >= 0.6 is 7.82 Å². The summed E-state index contributed by atoms with van der Waals surface area (Å²) in [6.07, 6.45) is 31.3. The van der Waals surface area contributed by atoms with Gasteiger partial charge in [0.25, 0.3) is 0 Å². The first-order valence-electron chi connectivity index (χ1n) is 17.6. The van der Waals surface area contributed by atoms with Crippen LogP contribution in [0.5, 0.6) is 0 Å². The van der Waals surface area contributed by atoms with E-state index in [1.54, 1.807) is 0 Å². The van der Waals surface area contributed by atoms with Crippen molar-refractivity contribution in [2.24, 2.45) is 0 Å². The van der Waals surface area contributed by atoms with E-state index < -0.39 is 51.8 Å². The number of carbonyl (C=O) groups is 2. The molecule has 272 valence electrons. The van der Waals surface area contributed by atoms with Gasteiger partial charge in [0, 0.05) is 12.8 Å². The molecule has 0 fully saturated rings. The highest BCUT2D eigenvalue weighted by Crippen LogP contribution is 2.43. The first-order valence-corrected chi connectivity index (χ1v) is 19.1. The van der Waals surface area contributed by atoms with Crippen LogP contribution < -0.4 is 0 Å². The van der Waals surface area contributed by atoms with Crippen LogP contribution in [0.15, 0.2) is 48.6 Å². The molecule has 3 atom stereocenters. The fraction of sp³-hybridized carbons (Fsp3) is 0.722. The molecule has 0 aromatic carbocycles. The Morgan fingerprint density at radius 2 is 1.17 bits per heavy atom. The van der Waals surface area contributed by atoms with E-state index in [1.165, 1.54) is 0 Å². The predicted octanol–water partition coefficient (Wildman–Crippen LogP) is 8.21. The number of unbranched alkanes of at least 4 members (excludes halogenated alkanes) is 10. The molecule has 0 aromatic rings. The minimum atomic E-state index is -4.60. The van der Waals surface area contributed by atoms with Crippen molar-refractivity contribution in [3.8, 4) is 0 Å². The molecule has 0 rings (SSSR count). The maximum absolute atomic E-state index is 12.5. The highest BCUT2D eigenvalue weighted by atomic mass is 31.2. The molecule has 0 spiro atoms. The van der Waals surface area contributed by atoms with Crippen LogP contribution in [0.4, 0.5) is 0 Å². The molecule has 11 heteroatoms. The summed E-state index contributed by atoms with van der Waals surface area (Å²) in [5, 5.41) is 18.2. The van der Waals surface area contributed by atoms with Crippen molar-refractivity contribution in [2.45, 2.75) is 142 Å². The number of hydrogen-bond acceptors (Lipinski definition) is 9. The van der Waals surface area contributed by atoms with Gasteiger partial charge in [-0.15, -0.1) is 0 Å². The smallest absolute Gasteiger partial charge is 0.462 e. The average molecular weight is 687 g/mol. The van der Waals surface area contributed by atoms with Gasteiger partial charge in [-0.1, -0.05) is 114 Å². The molecule has 10 nitrogen and oxygen atoms in total. The molecule has 0 aliphatic heterocycles. The fourth-order valence-electron chi connectivity index (χ4n) is 4.28. The Kier molecular flexibility index (Phi) is 31.0. The Hall–Kier alpha value is -2.07. The minimum Gasteiger partial charge on any atom is -0.462 e. The van der Waals surface area contributed by atoms with Crippen molar-refractivity contribution in [2.75, 3.05) is 26.4 Å². The maximum atomic E-state index is 12.5. The van der Waals surface area contributed by atoms with Gasteiger partial charge in [-0.05, 0) is 51.4 Å². The summed E-state index contributed by atoms with van der Waals surface area (Å²) in [7, 11) is -4.60. The van der Waals surface area contributed by atoms with Crippen molar-refractivity contribution in [3.05, 3.63) is 48.6 Å². The lowest BCUT2D eigenvalue weighted by atomic mass is 10.1. The second-order valence-corrected chi connectivity index (χ2v) is 13.0. The van der Waals surface area contributed by atoms with E-state index in [9.17, 15) is 24.2 Å². The van der Waals surface area contributed by atoms with Crippen molar-refractivity contribution >= 4 is 19.8 Å². The molecule has 0 bridgehead atoms. The van der Waals surface area contributed by atoms with Crippen LogP contribution in [0.3, 0.4) is 0 Å². The van der Waals surface area contributed by atoms with Gasteiger partial charge in [0.15, 0.2) is 6.10 Å². The molecule has 0 saturated carbocycles. The van der Waals surface area contributed by atoms with E-state index in [2.05, 4.69) is 67.0 Å². The monoisotopic (exact) mass is 686 g/mol. The second-order valence-electron chi connectivity index (χ2n) is 11.5. The summed E-state index contributed by atoms with van der Waals surface area (Å²) < 4.78 is 32.3. The van der Waals surface area contributed by atoms with E-state index in [0.29, 0.717) is 12.8 Å². The molecule has 3 N–H and O–H groups in total. The van der Waals surface area contributed by atoms with E-state index in [-0.39, 0.29) is 19.4 Å². The fourth-order valence-corrected chi connectivity index (χ4v) is 5.07. The zero-order chi connectivity index (χ0) is 34.9. The van der Waals surface area contributed by atoms with Crippen LogP contribution in [0.1, 0.15) is 129 Å². The lowest BCUT2D eigenvalue weighted by Crippen LogP contribution is -2.29. The van der Waals surface area contributed by atoms with Crippen LogP contribution in [0.2, 0.25) is 0 Å². The topological polar surface area (TPSA) is 149 Å². The van der Waals surface area contributed by atoms with Crippen LogP contribution in [-0.4, -0.2) is 65.7 Å². The zero-order valence-electron chi connectivity index (χ0n) is 29.0. The molecular weight excluding hydrogens is 623 g/mol. The number of aliphatic hydroxyl groups is 2. The molecular formula is C36H63O10P. The summed E-state index contributed by atoms with van der Waals surface area (Å²) in [5.74, 6) is -0.961. The lowest BCUT2D eigenvalue weighted by Gasteiger charge is -2.20. The van der Waals surface area contributed by atoms with Gasteiger partial charge in [-0.3, -0.25) is 18.6 Å². The van der Waals surface area contributed by atoms with Crippen LogP contribution in [-0.2, 0) is 32.7 Å². The number of ether oxygens (including phenoxy) is 2. The summed E-state index contributed by atoms with van der Waals surface area (Å²) in [6.45, 7) is 2.11. The lowest BCUT2D eigenvalue weighted by molar-refractivity contribution is -0.161. The number of hydrogen-bond donors (Lipinski definition) is 3. The maximum Gasteiger partial charge on any atom is 0.472 e. The first-order chi connectivity index (χ1) is 22.7. The van der Waals surface area contributed by atoms with Gasteiger partial charge in [0.2, 0.25) is 0 Å². The number of esters is 2. The highest BCUT2D eigenvalue weighted by Gasteiger charge is 2.27. The minimum absolute atomic E-state index is 0.166. The number of carbonyl (C=O) groups excluding carboxylic acids is 2. The van der Waals surface area contributed by atoms with Crippen LogP contribution in [0.25, 0.3) is 0 Å². The number of phosphoric acid groups is 1. The highest BCUT2D eigenvalue weighted by molar-refractivity contribution is 7.47. The molecule has 0 amide bonds. The zero-order valence-corrected chi connectivity index (χ0v) is 29.9. The average Bonchev–Trinajstić information content (AvgIpc) is 3.05. The van der Waals surface area contributed by atoms with Crippen LogP contribution in [0, 0.1) is 0 Å². The molecule has 0 aliphatic rings. The van der Waals surface area contributed by atoms with E-state index in [0.717, 1.165) is 89.9 Å². The number of phosphoric ester groups is 1. The molecule has 0 saturated heterocycles. The number of aliphatic hydroxyl groups excluding tert-OH is 2.